The second-order valence-electron chi connectivity index (χ2n) is 7.16. The quantitative estimate of drug-likeness (QED) is 0.656. The maximum absolute atomic E-state index is 6.35. The minimum Gasteiger partial charge on any atom is -0.452 e. The highest BCUT2D eigenvalue weighted by Gasteiger charge is 2.41. The molecular formula is C16H33AlO3. The molecule has 0 aliphatic heterocycles. The summed E-state index contributed by atoms with van der Waals surface area (Å²) in [5.74, 6) is 2.07. The minimum atomic E-state index is -2.03. The summed E-state index contributed by atoms with van der Waals surface area (Å²) in [6, 6.07) is 0. The molecule has 118 valence electrons. The molecule has 0 bridgehead atoms. The van der Waals surface area contributed by atoms with Gasteiger partial charge in [-0.1, -0.05) is 27.2 Å². The first-order chi connectivity index (χ1) is 9.29. The van der Waals surface area contributed by atoms with Crippen LogP contribution in [-0.4, -0.2) is 33.5 Å². The standard InChI is InChI=1S/C10H19O.2C3H7O.Al/c1-7(2)9-5-4-8(3)6-10(9)11;2*1-3(2)4;/h7-10H,4-6H2,1-3H3;2*3H,1-2H3;/q3*-1;+3. The van der Waals surface area contributed by atoms with Gasteiger partial charge in [-0.2, -0.15) is 0 Å². The van der Waals surface area contributed by atoms with Crippen molar-refractivity contribution in [1.29, 1.82) is 0 Å². The third-order valence-corrected chi connectivity index (χ3v) is 6.12. The van der Waals surface area contributed by atoms with Crippen molar-refractivity contribution in [2.45, 2.75) is 86.0 Å². The molecule has 0 spiro atoms. The van der Waals surface area contributed by atoms with Crippen molar-refractivity contribution in [2.24, 2.45) is 17.8 Å². The molecule has 4 heteroatoms. The fourth-order valence-electron chi connectivity index (χ4n) is 2.95. The molecular weight excluding hydrogens is 267 g/mol. The molecule has 3 unspecified atom stereocenters. The Hall–Kier alpha value is 0.412. The van der Waals surface area contributed by atoms with Crippen molar-refractivity contribution in [3.63, 3.8) is 0 Å². The van der Waals surface area contributed by atoms with Crippen molar-refractivity contribution in [1.82, 2.24) is 0 Å². The van der Waals surface area contributed by atoms with Crippen LogP contribution in [0, 0.1) is 17.8 Å². The fourth-order valence-corrected chi connectivity index (χ4v) is 4.63. The molecule has 3 nitrogen and oxygen atoms in total. The van der Waals surface area contributed by atoms with Crippen LogP contribution in [0.1, 0.15) is 67.7 Å². The zero-order chi connectivity index (χ0) is 15.3. The maximum atomic E-state index is 6.35. The minimum absolute atomic E-state index is 0.170. The van der Waals surface area contributed by atoms with E-state index >= 15 is 0 Å². The zero-order valence-electron chi connectivity index (χ0n) is 14.4. The van der Waals surface area contributed by atoms with Gasteiger partial charge in [0.15, 0.2) is 0 Å². The van der Waals surface area contributed by atoms with Crippen LogP contribution in [0.15, 0.2) is 0 Å². The molecule has 3 atom stereocenters. The van der Waals surface area contributed by atoms with Crippen molar-refractivity contribution in [3.8, 4) is 0 Å². The normalized spacial score (nSPS) is 27.6. The molecule has 0 aromatic rings. The van der Waals surface area contributed by atoms with Gasteiger partial charge in [-0.15, -0.1) is 0 Å². The Morgan fingerprint density at radius 2 is 1.45 bits per heavy atom. The van der Waals surface area contributed by atoms with Crippen molar-refractivity contribution < 1.29 is 11.4 Å². The van der Waals surface area contributed by atoms with E-state index in [2.05, 4.69) is 48.5 Å². The molecule has 0 heterocycles. The average Bonchev–Trinajstić information content (AvgIpc) is 2.26. The van der Waals surface area contributed by atoms with Gasteiger partial charge in [0, 0.05) is 18.3 Å². The largest absolute Gasteiger partial charge is 0.906 e. The molecule has 1 aliphatic rings. The van der Waals surface area contributed by atoms with Crippen LogP contribution in [0.3, 0.4) is 0 Å². The molecule has 0 aromatic carbocycles. The van der Waals surface area contributed by atoms with Crippen LogP contribution >= 0.6 is 0 Å². The lowest BCUT2D eigenvalue weighted by Crippen LogP contribution is -2.42. The summed E-state index contributed by atoms with van der Waals surface area (Å²) in [5, 5.41) is 0. The number of hydrogen-bond acceptors (Lipinski definition) is 3. The second kappa shape index (κ2) is 8.76. The molecule has 0 aromatic heterocycles. The van der Waals surface area contributed by atoms with E-state index < -0.39 is 15.1 Å². The van der Waals surface area contributed by atoms with Gasteiger partial charge in [0.2, 0.25) is 0 Å². The predicted octanol–water partition coefficient (Wildman–Crippen LogP) is 4.30. The van der Waals surface area contributed by atoms with Gasteiger partial charge in [0.1, 0.15) is 0 Å². The Bertz CT molecular complexity index is 258. The first kappa shape index (κ1) is 18.5. The Morgan fingerprint density at radius 1 is 0.900 bits per heavy atom. The lowest BCUT2D eigenvalue weighted by atomic mass is 9.75. The Balaban J connectivity index is 2.66. The topological polar surface area (TPSA) is 27.7 Å². The smallest absolute Gasteiger partial charge is 0.452 e. The van der Waals surface area contributed by atoms with Gasteiger partial charge < -0.3 is 11.4 Å². The van der Waals surface area contributed by atoms with Gasteiger partial charge in [-0.25, -0.2) is 0 Å². The van der Waals surface area contributed by atoms with Crippen molar-refractivity contribution in [3.05, 3.63) is 0 Å². The molecule has 1 saturated carbocycles. The monoisotopic (exact) mass is 300 g/mol. The molecule has 0 N–H and O–H groups in total. The van der Waals surface area contributed by atoms with Gasteiger partial charge in [-0.3, -0.25) is 0 Å². The van der Waals surface area contributed by atoms with Gasteiger partial charge >= 0.3 is 15.1 Å². The fraction of sp³-hybridized carbons (Fsp3) is 1.00. The average molecular weight is 300 g/mol. The number of rotatable bonds is 7. The summed E-state index contributed by atoms with van der Waals surface area (Å²) in [6.07, 6.45) is 4.40. The van der Waals surface area contributed by atoms with E-state index in [-0.39, 0.29) is 12.2 Å². The summed E-state index contributed by atoms with van der Waals surface area (Å²) >= 11 is -2.03. The summed E-state index contributed by atoms with van der Waals surface area (Å²) in [5.41, 5.74) is 0. The van der Waals surface area contributed by atoms with Gasteiger partial charge in [0.25, 0.3) is 0 Å². The van der Waals surface area contributed by atoms with Gasteiger partial charge in [-0.05, 0) is 58.3 Å². The van der Waals surface area contributed by atoms with Crippen LogP contribution in [0.25, 0.3) is 0 Å². The van der Waals surface area contributed by atoms with Crippen molar-refractivity contribution >= 4 is 15.1 Å². The number of hydrogen-bond donors (Lipinski definition) is 0. The van der Waals surface area contributed by atoms with Gasteiger partial charge in [0.05, 0.1) is 0 Å². The summed E-state index contributed by atoms with van der Waals surface area (Å²) < 4.78 is 18.2. The highest BCUT2D eigenvalue weighted by Crippen LogP contribution is 2.35. The lowest BCUT2D eigenvalue weighted by Gasteiger charge is -2.38. The first-order valence-corrected chi connectivity index (χ1v) is 9.67. The van der Waals surface area contributed by atoms with E-state index in [4.69, 9.17) is 11.4 Å². The van der Waals surface area contributed by atoms with E-state index in [1.54, 1.807) is 0 Å². The Morgan fingerprint density at radius 3 is 1.90 bits per heavy atom. The Kier molecular flexibility index (Phi) is 8.08. The van der Waals surface area contributed by atoms with Crippen LogP contribution < -0.4 is 0 Å². The first-order valence-electron chi connectivity index (χ1n) is 8.26. The van der Waals surface area contributed by atoms with E-state index in [1.165, 1.54) is 12.8 Å². The highest BCUT2D eigenvalue weighted by atomic mass is 27.3. The molecule has 1 fully saturated rings. The third-order valence-electron chi connectivity index (χ3n) is 4.01. The Labute approximate surface area is 130 Å². The lowest BCUT2D eigenvalue weighted by molar-refractivity contribution is -0.0262. The maximum Gasteiger partial charge on any atom is 0.906 e. The van der Waals surface area contributed by atoms with Crippen LogP contribution in [-0.2, 0) is 11.4 Å². The van der Waals surface area contributed by atoms with Crippen LogP contribution in [0.4, 0.5) is 0 Å². The predicted molar refractivity (Wildman–Crippen MR) is 84.4 cm³/mol. The third kappa shape index (κ3) is 6.45. The van der Waals surface area contributed by atoms with Crippen molar-refractivity contribution in [2.75, 3.05) is 0 Å². The highest BCUT2D eigenvalue weighted by molar-refractivity contribution is 6.36. The van der Waals surface area contributed by atoms with E-state index in [9.17, 15) is 0 Å². The molecule has 0 radical (unpaired) electrons. The molecule has 0 saturated heterocycles. The van der Waals surface area contributed by atoms with E-state index in [0.717, 1.165) is 12.3 Å². The molecule has 1 rings (SSSR count). The SMILES string of the molecule is CC1CCC(C(C)C)C([O][Al]([O]C(C)C)[O]C(C)C)C1. The van der Waals surface area contributed by atoms with Crippen LogP contribution in [0.5, 0.6) is 0 Å². The summed E-state index contributed by atoms with van der Waals surface area (Å²) in [6.45, 7) is 15.1. The van der Waals surface area contributed by atoms with E-state index in [0.29, 0.717) is 17.9 Å². The molecule has 20 heavy (non-hydrogen) atoms. The second-order valence-corrected chi connectivity index (χ2v) is 8.55. The summed E-state index contributed by atoms with van der Waals surface area (Å²) in [4.78, 5) is 0. The van der Waals surface area contributed by atoms with Crippen LogP contribution in [0.2, 0.25) is 0 Å². The summed E-state index contributed by atoms with van der Waals surface area (Å²) in [7, 11) is 0. The zero-order valence-corrected chi connectivity index (χ0v) is 15.5. The molecule has 1 aliphatic carbocycles. The van der Waals surface area contributed by atoms with E-state index in [1.807, 2.05) is 0 Å². The molecule has 0 amide bonds.